The lowest BCUT2D eigenvalue weighted by molar-refractivity contribution is -0.223. The number of nitrogen functional groups attached to an aromatic ring is 1. The zero-order valence-corrected chi connectivity index (χ0v) is 37.8. The molecule has 4 saturated heterocycles. The van der Waals surface area contributed by atoms with E-state index < -0.39 is 71.9 Å². The molecule has 4 N–H and O–H groups in total. The minimum absolute atomic E-state index is 0.348. The maximum Gasteiger partial charge on any atom is 0.165 e. The Kier molecular flexibility index (Phi) is 11.1. The van der Waals surface area contributed by atoms with Gasteiger partial charge in [0.15, 0.2) is 24.0 Å². The molecule has 2 aromatic carbocycles. The van der Waals surface area contributed by atoms with Crippen molar-refractivity contribution in [3.05, 3.63) is 110 Å². The Labute approximate surface area is 380 Å². The molecular weight excluding hydrogens is 908 g/mol. The smallest absolute Gasteiger partial charge is 0.165 e. The monoisotopic (exact) mass is 947 g/mol. The van der Waals surface area contributed by atoms with Crippen molar-refractivity contribution in [2.75, 3.05) is 5.73 Å². The number of fused-ring (bicyclic) bond motifs is 4. The number of aromatic nitrogens is 6. The van der Waals surface area contributed by atoms with Crippen LogP contribution in [0.4, 0.5) is 5.82 Å². The maximum absolute atomic E-state index is 11.3. The summed E-state index contributed by atoms with van der Waals surface area (Å²) in [4.78, 5) is 16.8. The molecule has 4 aliphatic heterocycles. The van der Waals surface area contributed by atoms with Crippen LogP contribution >= 0.6 is 58.0 Å². The predicted molar refractivity (Wildman–Crippen MR) is 232 cm³/mol. The van der Waals surface area contributed by atoms with Gasteiger partial charge < -0.3 is 53.5 Å². The fourth-order valence-corrected chi connectivity index (χ4v) is 9.99. The summed E-state index contributed by atoms with van der Waals surface area (Å²) in [5.41, 5.74) is 6.44. The SMILES string of the molecule is CC1(C)O[C@H]2[C@H](n3ccc4c(Cl)ncnc43)O[C@H]([C@H](O)c3ccc(Cl)c(Cl)c3)[C@@]2(C)O1.CC1(C)O[C@H]2[C@H](n3ccc4c(N)ncnc43)O[C@H]([C@H](O)c3ccc(Cl)c(Cl)c3)[C@@]2(C)O1. The Balaban J connectivity index is 0.000000158. The number of halogens is 5. The standard InChI is InChI=1S/C21H20Cl3N3O4.C21H22Cl2N4O4/c2*1-20(2)30-16-19(27-7-6-11-17(24)25-9-26-18(11)27)29-15(21(16,3)31-20)14(28)10-4-5-12(22)13(23)8-10/h4-9,14-16,19,28H,1-3H3;4-9,14-16,19,28H,1-3H3,(H2,24,25,26)/t2*14-,15-,16+,19-,21-/m11/s1. The van der Waals surface area contributed by atoms with Crippen molar-refractivity contribution in [3.8, 4) is 0 Å². The molecule has 0 bridgehead atoms. The number of anilines is 1. The number of nitrogens with zero attached hydrogens (tertiary/aromatic N) is 6. The van der Waals surface area contributed by atoms with Gasteiger partial charge in [-0.1, -0.05) is 70.1 Å². The van der Waals surface area contributed by atoms with E-state index in [1.165, 1.54) is 12.7 Å². The van der Waals surface area contributed by atoms with Crippen LogP contribution in [-0.2, 0) is 28.4 Å². The molecule has 0 amide bonds. The second-order valence-electron chi connectivity index (χ2n) is 16.9. The van der Waals surface area contributed by atoms with E-state index in [9.17, 15) is 10.2 Å². The molecule has 0 radical (unpaired) electrons. The number of hydrogen-bond donors (Lipinski definition) is 3. The summed E-state index contributed by atoms with van der Waals surface area (Å²) >= 11 is 30.7. The Morgan fingerprint density at radius 3 is 1.50 bits per heavy atom. The van der Waals surface area contributed by atoms with Gasteiger partial charge in [0.2, 0.25) is 0 Å². The molecule has 10 rings (SSSR count). The molecule has 20 heteroatoms. The van der Waals surface area contributed by atoms with Crippen LogP contribution in [0.25, 0.3) is 22.1 Å². The van der Waals surface area contributed by atoms with Gasteiger partial charge in [-0.05, 0) is 89.1 Å². The molecule has 15 nitrogen and oxygen atoms in total. The lowest BCUT2D eigenvalue weighted by atomic mass is 9.88. The largest absolute Gasteiger partial charge is 0.386 e. The molecule has 8 heterocycles. The predicted octanol–water partition coefficient (Wildman–Crippen LogP) is 8.79. The Hall–Kier alpha value is -3.39. The lowest BCUT2D eigenvalue weighted by Gasteiger charge is -2.32. The van der Waals surface area contributed by atoms with E-state index in [2.05, 4.69) is 19.9 Å². The van der Waals surface area contributed by atoms with Crippen molar-refractivity contribution in [3.63, 3.8) is 0 Å². The molecule has 10 atom stereocenters. The summed E-state index contributed by atoms with van der Waals surface area (Å²) in [6.07, 6.45) is 0.603. The maximum atomic E-state index is 11.3. The van der Waals surface area contributed by atoms with Crippen LogP contribution in [-0.4, -0.2) is 86.5 Å². The third kappa shape index (κ3) is 7.32. The van der Waals surface area contributed by atoms with Gasteiger partial charge in [-0.2, -0.15) is 0 Å². The lowest BCUT2D eigenvalue weighted by Crippen LogP contribution is -2.46. The number of aliphatic hydroxyl groups is 2. The zero-order valence-electron chi connectivity index (χ0n) is 34.0. The van der Waals surface area contributed by atoms with Crippen LogP contribution in [0.1, 0.15) is 77.3 Å². The van der Waals surface area contributed by atoms with Crippen molar-refractivity contribution in [1.82, 2.24) is 29.1 Å². The van der Waals surface area contributed by atoms with E-state index in [0.29, 0.717) is 64.3 Å². The second-order valence-corrected chi connectivity index (χ2v) is 18.9. The average Bonchev–Trinajstić information content (AvgIpc) is 4.03. The van der Waals surface area contributed by atoms with Crippen LogP contribution in [0.2, 0.25) is 25.2 Å². The summed E-state index contributed by atoms with van der Waals surface area (Å²) in [5.74, 6) is -1.36. The van der Waals surface area contributed by atoms with Crippen LogP contribution in [0.5, 0.6) is 0 Å². The summed E-state index contributed by atoms with van der Waals surface area (Å²) in [6.45, 7) is 11.1. The first-order valence-electron chi connectivity index (χ1n) is 19.6. The minimum atomic E-state index is -1.04. The summed E-state index contributed by atoms with van der Waals surface area (Å²) in [5, 5.41) is 25.8. The number of rotatable bonds is 6. The van der Waals surface area contributed by atoms with E-state index in [0.717, 1.165) is 0 Å². The Morgan fingerprint density at radius 1 is 0.597 bits per heavy atom. The molecular formula is C42H42Cl5N7O8. The number of benzene rings is 2. The highest BCUT2D eigenvalue weighted by molar-refractivity contribution is 6.42. The number of ether oxygens (including phenoxy) is 6. The van der Waals surface area contributed by atoms with Crippen molar-refractivity contribution in [2.45, 2.75) is 113 Å². The van der Waals surface area contributed by atoms with Gasteiger partial charge in [0.25, 0.3) is 0 Å². The fourth-order valence-electron chi connectivity index (χ4n) is 9.19. The normalized spacial score (nSPS) is 30.6. The molecule has 328 valence electrons. The van der Waals surface area contributed by atoms with E-state index in [-0.39, 0.29) is 0 Å². The van der Waals surface area contributed by atoms with Crippen LogP contribution < -0.4 is 5.73 Å². The first-order chi connectivity index (χ1) is 29.2. The molecule has 4 aromatic heterocycles. The van der Waals surface area contributed by atoms with Gasteiger partial charge in [0.05, 0.1) is 30.9 Å². The quantitative estimate of drug-likeness (QED) is 0.135. The van der Waals surface area contributed by atoms with Crippen LogP contribution in [0, 0.1) is 0 Å². The fraction of sp³-hybridized carbons (Fsp3) is 0.429. The van der Waals surface area contributed by atoms with Crippen molar-refractivity contribution in [2.24, 2.45) is 0 Å². The van der Waals surface area contributed by atoms with Crippen molar-refractivity contribution >= 4 is 85.9 Å². The van der Waals surface area contributed by atoms with Gasteiger partial charge in [-0.3, -0.25) is 0 Å². The highest BCUT2D eigenvalue weighted by Gasteiger charge is 2.67. The topological polar surface area (TPSA) is 183 Å². The van der Waals surface area contributed by atoms with E-state index in [4.69, 9.17) is 92.2 Å². The summed E-state index contributed by atoms with van der Waals surface area (Å²) in [6, 6.07) is 13.6. The van der Waals surface area contributed by atoms with Gasteiger partial charge in [0, 0.05) is 12.4 Å². The highest BCUT2D eigenvalue weighted by Crippen LogP contribution is 2.55. The Morgan fingerprint density at radius 2 is 1.03 bits per heavy atom. The van der Waals surface area contributed by atoms with Gasteiger partial charge in [-0.15, -0.1) is 0 Å². The first kappa shape index (κ1) is 43.8. The highest BCUT2D eigenvalue weighted by atomic mass is 35.5. The number of hydrogen-bond acceptors (Lipinski definition) is 13. The van der Waals surface area contributed by atoms with Gasteiger partial charge in [-0.25, -0.2) is 19.9 Å². The third-order valence-corrected chi connectivity index (χ3v) is 13.6. The summed E-state index contributed by atoms with van der Waals surface area (Å²) in [7, 11) is 0. The molecule has 4 fully saturated rings. The summed E-state index contributed by atoms with van der Waals surface area (Å²) < 4.78 is 41.5. The van der Waals surface area contributed by atoms with Crippen molar-refractivity contribution in [1.29, 1.82) is 0 Å². The van der Waals surface area contributed by atoms with E-state index in [1.807, 2.05) is 75.2 Å². The zero-order chi connectivity index (χ0) is 44.3. The van der Waals surface area contributed by atoms with E-state index >= 15 is 0 Å². The number of aliphatic hydroxyl groups excluding tert-OH is 2. The molecule has 4 aliphatic rings. The molecule has 0 unspecified atom stereocenters. The molecule has 0 saturated carbocycles. The molecule has 0 aliphatic carbocycles. The van der Waals surface area contributed by atoms with Gasteiger partial charge >= 0.3 is 0 Å². The third-order valence-electron chi connectivity index (χ3n) is 11.8. The van der Waals surface area contributed by atoms with Crippen molar-refractivity contribution < 1.29 is 38.6 Å². The van der Waals surface area contributed by atoms with Crippen LogP contribution in [0.3, 0.4) is 0 Å². The first-order valence-corrected chi connectivity index (χ1v) is 21.5. The van der Waals surface area contributed by atoms with Gasteiger partial charge in [0.1, 0.15) is 82.7 Å². The van der Waals surface area contributed by atoms with Crippen LogP contribution in [0.15, 0.2) is 73.6 Å². The second kappa shape index (κ2) is 15.7. The molecule has 0 spiro atoms. The molecule has 6 aromatic rings. The molecule has 62 heavy (non-hydrogen) atoms. The average molecular weight is 950 g/mol. The number of nitrogens with two attached hydrogens (primary N) is 1. The Bertz CT molecular complexity index is 2520. The minimum Gasteiger partial charge on any atom is -0.386 e. The van der Waals surface area contributed by atoms with E-state index in [1.54, 1.807) is 36.4 Å².